The molecule has 3 rings (SSSR count). The van der Waals surface area contributed by atoms with Crippen LogP contribution in [0.15, 0.2) is 54.6 Å². The van der Waals surface area contributed by atoms with Gasteiger partial charge in [0.25, 0.3) is 0 Å². The number of carbonyl (C=O) groups excluding carboxylic acids is 4. The molecule has 11 N–H and O–H groups in total. The number of amides is 4. The summed E-state index contributed by atoms with van der Waals surface area (Å²) >= 11 is 0. The molecule has 2 aromatic rings. The maximum atomic E-state index is 13.5. The van der Waals surface area contributed by atoms with Gasteiger partial charge in [-0.2, -0.15) is 0 Å². The number of carboxylic acid groups (broad SMARTS) is 1. The fraction of sp³-hybridized carbons (Fsp3) is 0.500. The number of hydrogen-bond acceptors (Lipinski definition) is 12. The maximum absolute atomic E-state index is 13.5. The number of aromatic hydroxyl groups is 1. The zero-order valence-corrected chi connectivity index (χ0v) is 28.3. The van der Waals surface area contributed by atoms with Gasteiger partial charge in [0.15, 0.2) is 0 Å². The van der Waals surface area contributed by atoms with Crippen LogP contribution in [-0.4, -0.2) is 139 Å². The second-order valence-corrected chi connectivity index (χ2v) is 12.8. The molecule has 8 atom stereocenters. The van der Waals surface area contributed by atoms with Gasteiger partial charge in [-0.15, -0.1) is 0 Å². The highest BCUT2D eigenvalue weighted by atomic mass is 16.4. The molecule has 1 fully saturated rings. The molecule has 0 saturated carbocycles. The molecule has 1 aliphatic rings. The normalized spacial score (nSPS) is 19.5. The zero-order valence-electron chi connectivity index (χ0n) is 28.3. The Morgan fingerprint density at radius 1 is 0.863 bits per heavy atom. The van der Waals surface area contributed by atoms with Crippen LogP contribution >= 0.6 is 0 Å². The Bertz CT molecular complexity index is 1480. The second kappa shape index (κ2) is 19.1. The predicted molar refractivity (Wildman–Crippen MR) is 179 cm³/mol. The van der Waals surface area contributed by atoms with Crippen molar-refractivity contribution in [3.63, 3.8) is 0 Å². The molecule has 4 amide bonds. The second-order valence-electron chi connectivity index (χ2n) is 12.8. The highest BCUT2D eigenvalue weighted by Gasteiger charge is 2.47. The lowest BCUT2D eigenvalue weighted by Crippen LogP contribution is -2.58. The molecule has 1 saturated heterocycles. The van der Waals surface area contributed by atoms with E-state index in [9.17, 15) is 54.6 Å². The van der Waals surface area contributed by atoms with Crippen LogP contribution in [-0.2, 0) is 36.8 Å². The fourth-order valence-corrected chi connectivity index (χ4v) is 5.56. The van der Waals surface area contributed by atoms with Gasteiger partial charge in [0.05, 0.1) is 19.2 Å². The van der Waals surface area contributed by atoms with E-state index in [0.29, 0.717) is 11.1 Å². The molecule has 0 radical (unpaired) electrons. The number of hydrogen-bond donors (Lipinski definition) is 11. The number of carbonyl (C=O) groups is 5. The predicted octanol–water partition coefficient (Wildman–Crippen LogP) is -3.04. The lowest BCUT2D eigenvalue weighted by Gasteiger charge is -2.33. The minimum atomic E-state index is -2.07. The number of aliphatic hydroxyl groups is 5. The van der Waals surface area contributed by atoms with Crippen LogP contribution in [0, 0.1) is 5.92 Å². The number of rotatable bonds is 19. The maximum Gasteiger partial charge on any atom is 0.326 e. The Labute approximate surface area is 294 Å². The number of aliphatic hydroxyl groups excluding tert-OH is 5. The van der Waals surface area contributed by atoms with Gasteiger partial charge in [-0.25, -0.2) is 4.79 Å². The van der Waals surface area contributed by atoms with Crippen molar-refractivity contribution in [3.05, 3.63) is 65.7 Å². The summed E-state index contributed by atoms with van der Waals surface area (Å²) in [5.74, 6) is -4.41. The summed E-state index contributed by atoms with van der Waals surface area (Å²) in [4.78, 5) is 65.4. The van der Waals surface area contributed by atoms with Crippen LogP contribution in [0.3, 0.4) is 0 Å². The quantitative estimate of drug-likeness (QED) is 0.0691. The van der Waals surface area contributed by atoms with Crippen molar-refractivity contribution in [3.8, 4) is 5.75 Å². The summed E-state index contributed by atoms with van der Waals surface area (Å²) in [6.45, 7) is 1.26. The van der Waals surface area contributed by atoms with Crippen molar-refractivity contribution in [2.24, 2.45) is 5.92 Å². The molecule has 1 unspecified atom stereocenters. The molecule has 51 heavy (non-hydrogen) atoms. The third-order valence-corrected chi connectivity index (χ3v) is 8.29. The third-order valence-electron chi connectivity index (χ3n) is 8.29. The number of carboxylic acids is 1. The van der Waals surface area contributed by atoms with Crippen LogP contribution in [0.1, 0.15) is 31.4 Å². The highest BCUT2D eigenvalue weighted by Crippen LogP contribution is 2.21. The van der Waals surface area contributed by atoms with Gasteiger partial charge < -0.3 is 56.6 Å². The summed E-state index contributed by atoms with van der Waals surface area (Å²) in [5, 5.41) is 79.9. The molecule has 1 heterocycles. The largest absolute Gasteiger partial charge is 0.508 e. The van der Waals surface area contributed by atoms with E-state index < -0.39 is 98.0 Å². The smallest absolute Gasteiger partial charge is 0.326 e. The van der Waals surface area contributed by atoms with Crippen LogP contribution in [0.2, 0.25) is 0 Å². The van der Waals surface area contributed by atoms with Gasteiger partial charge in [-0.05, 0) is 42.0 Å². The van der Waals surface area contributed by atoms with Gasteiger partial charge in [0.2, 0.25) is 23.6 Å². The van der Waals surface area contributed by atoms with Crippen molar-refractivity contribution < 1.29 is 59.7 Å². The fourth-order valence-electron chi connectivity index (χ4n) is 5.56. The first-order valence-electron chi connectivity index (χ1n) is 16.4. The van der Waals surface area contributed by atoms with Gasteiger partial charge in [-0.1, -0.05) is 56.3 Å². The van der Waals surface area contributed by atoms with Gasteiger partial charge in [-0.3, -0.25) is 24.5 Å². The van der Waals surface area contributed by atoms with E-state index >= 15 is 0 Å². The van der Waals surface area contributed by atoms with E-state index in [1.54, 1.807) is 56.3 Å². The first kappa shape index (κ1) is 40.8. The zero-order chi connectivity index (χ0) is 37.8. The van der Waals surface area contributed by atoms with Crippen molar-refractivity contribution in [2.45, 2.75) is 81.8 Å². The average Bonchev–Trinajstić information content (AvgIpc) is 3.39. The molecule has 280 valence electrons. The summed E-state index contributed by atoms with van der Waals surface area (Å²) in [5.41, 5.74) is 1.27. The Balaban J connectivity index is 1.71. The third kappa shape index (κ3) is 12.0. The average molecular weight is 718 g/mol. The van der Waals surface area contributed by atoms with E-state index in [2.05, 4.69) is 21.3 Å². The SMILES string of the molecule is CC(C)C[C@H](NC(=O)[C@H](Cc1ccccc1)NC(=O)CNC(=O)CN1C(=O)[C@H](Cc2ccc(O)cc2)NC1[C@H](O)[C@@H](O)[C@H](O)[C@H](O)CO)C(=O)O. The number of nitrogens with one attached hydrogen (secondary N) is 4. The van der Waals surface area contributed by atoms with Crippen LogP contribution < -0.4 is 21.3 Å². The summed E-state index contributed by atoms with van der Waals surface area (Å²) < 4.78 is 0. The molecule has 0 aliphatic carbocycles. The van der Waals surface area contributed by atoms with Gasteiger partial charge >= 0.3 is 5.97 Å². The summed E-state index contributed by atoms with van der Waals surface area (Å²) in [6.07, 6.45) is -9.16. The van der Waals surface area contributed by atoms with Crippen molar-refractivity contribution in [1.29, 1.82) is 0 Å². The Morgan fingerprint density at radius 3 is 2.10 bits per heavy atom. The van der Waals surface area contributed by atoms with Gasteiger partial charge in [0, 0.05) is 6.42 Å². The molecular formula is C34H47N5O12. The Hall–Kier alpha value is -4.65. The molecule has 1 aliphatic heterocycles. The van der Waals surface area contributed by atoms with Gasteiger partial charge in [0.1, 0.15) is 55.0 Å². The van der Waals surface area contributed by atoms with E-state index in [1.165, 1.54) is 12.1 Å². The van der Waals surface area contributed by atoms with Crippen LogP contribution in [0.5, 0.6) is 5.75 Å². The molecule has 17 heteroatoms. The van der Waals surface area contributed by atoms with E-state index in [0.717, 1.165) is 4.90 Å². The molecule has 0 spiro atoms. The van der Waals surface area contributed by atoms with Crippen molar-refractivity contribution >= 4 is 29.6 Å². The number of phenolic OH excluding ortho intramolecular Hbond substituents is 1. The minimum Gasteiger partial charge on any atom is -0.508 e. The number of aliphatic carboxylic acids is 1. The Kier molecular flexibility index (Phi) is 15.3. The lowest BCUT2D eigenvalue weighted by molar-refractivity contribution is -0.146. The van der Waals surface area contributed by atoms with Crippen LogP contribution in [0.25, 0.3) is 0 Å². The first-order valence-corrected chi connectivity index (χ1v) is 16.4. The standard InChI is InChI=1S/C34H47N5O12/c1-18(2)12-24(34(50)51)38-32(48)22(13-19-6-4-3-5-7-19)36-26(43)15-35-27(44)16-39-31(30(47)29(46)28(45)25(42)17-40)37-23(33(39)49)14-20-8-10-21(41)11-9-20/h3-11,18,22-25,28-31,37,40-42,45-47H,12-17H2,1-2H3,(H,35,44)(H,36,43)(H,38,48)(H,50,51)/t22-,23-,24-,25+,28+,29-,30+,31?/m0/s1. The van der Waals surface area contributed by atoms with Crippen molar-refractivity contribution in [2.75, 3.05) is 19.7 Å². The Morgan fingerprint density at radius 2 is 1.51 bits per heavy atom. The van der Waals surface area contributed by atoms with E-state index in [4.69, 9.17) is 5.11 Å². The van der Waals surface area contributed by atoms with Crippen molar-refractivity contribution in [1.82, 2.24) is 26.2 Å². The minimum absolute atomic E-state index is 0.00940. The molecule has 0 bridgehead atoms. The highest BCUT2D eigenvalue weighted by molar-refractivity contribution is 5.93. The van der Waals surface area contributed by atoms with Crippen LogP contribution in [0.4, 0.5) is 0 Å². The molecular weight excluding hydrogens is 670 g/mol. The number of nitrogens with zero attached hydrogens (tertiary/aromatic N) is 1. The summed E-state index contributed by atoms with van der Waals surface area (Å²) in [6, 6.07) is 11.1. The summed E-state index contributed by atoms with van der Waals surface area (Å²) in [7, 11) is 0. The number of benzene rings is 2. The first-order chi connectivity index (χ1) is 24.1. The number of phenols is 1. The molecule has 2 aromatic carbocycles. The lowest BCUT2D eigenvalue weighted by atomic mass is 10.0. The molecule has 17 nitrogen and oxygen atoms in total. The molecule has 0 aromatic heterocycles. The van der Waals surface area contributed by atoms with E-state index in [1.807, 2.05) is 0 Å². The monoisotopic (exact) mass is 717 g/mol. The van der Waals surface area contributed by atoms with E-state index in [-0.39, 0.29) is 30.9 Å². The topological polar surface area (TPSA) is 278 Å².